The van der Waals surface area contributed by atoms with E-state index in [9.17, 15) is 14.4 Å². The number of carbonyl (C=O) groups excluding carboxylic acids is 3. The van der Waals surface area contributed by atoms with Gasteiger partial charge in [-0.25, -0.2) is 0 Å². The minimum absolute atomic E-state index is 0.206. The molecule has 0 aliphatic rings. The molecule has 0 rings (SSSR count). The quantitative estimate of drug-likeness (QED) is 0.216. The SMILES string of the molecule is CC(=O)O[C@H]([C@H](Cl)I)[C@H](COC=O)OC(C)=O. The Morgan fingerprint density at radius 2 is 1.82 bits per heavy atom. The van der Waals surface area contributed by atoms with E-state index in [4.69, 9.17) is 21.1 Å². The second-order valence-corrected chi connectivity index (χ2v) is 5.53. The van der Waals surface area contributed by atoms with Gasteiger partial charge in [0.25, 0.3) is 6.47 Å². The fourth-order valence-electron chi connectivity index (χ4n) is 1.02. The second kappa shape index (κ2) is 8.51. The van der Waals surface area contributed by atoms with Gasteiger partial charge in [0.05, 0.1) is 0 Å². The number of alkyl halides is 2. The molecular formula is C9H12ClIO6. The van der Waals surface area contributed by atoms with Crippen LogP contribution in [-0.2, 0) is 28.6 Å². The van der Waals surface area contributed by atoms with Crippen molar-refractivity contribution in [3.63, 3.8) is 0 Å². The summed E-state index contributed by atoms with van der Waals surface area (Å²) in [6.45, 7) is 2.37. The highest BCUT2D eigenvalue weighted by Crippen LogP contribution is 2.20. The molecule has 0 spiro atoms. The summed E-state index contributed by atoms with van der Waals surface area (Å²) in [4.78, 5) is 31.9. The lowest BCUT2D eigenvalue weighted by Gasteiger charge is -2.26. The molecule has 0 aromatic rings. The lowest BCUT2D eigenvalue weighted by atomic mass is 10.2. The summed E-state index contributed by atoms with van der Waals surface area (Å²) in [6, 6.07) is 0. The number of esters is 2. The van der Waals surface area contributed by atoms with Crippen LogP contribution >= 0.6 is 34.2 Å². The van der Waals surface area contributed by atoms with E-state index in [1.54, 1.807) is 22.6 Å². The van der Waals surface area contributed by atoms with Gasteiger partial charge < -0.3 is 14.2 Å². The van der Waals surface area contributed by atoms with E-state index in [0.29, 0.717) is 0 Å². The third-order valence-electron chi connectivity index (χ3n) is 1.56. The van der Waals surface area contributed by atoms with Crippen LogP contribution in [0.5, 0.6) is 0 Å². The molecule has 0 unspecified atom stereocenters. The van der Waals surface area contributed by atoms with Gasteiger partial charge in [-0.15, -0.1) is 11.6 Å². The van der Waals surface area contributed by atoms with Crippen LogP contribution in [0.3, 0.4) is 0 Å². The van der Waals surface area contributed by atoms with Gasteiger partial charge in [-0.05, 0) is 0 Å². The standard InChI is InChI=1S/C9H12ClIO6/c1-5(13)16-7(3-15-4-12)8(9(10)11)17-6(2)14/h4,7-9H,3H2,1-2H3/t7-,8-,9+/m0/s1. The maximum atomic E-state index is 10.9. The lowest BCUT2D eigenvalue weighted by Crippen LogP contribution is -2.41. The molecule has 0 saturated carbocycles. The molecule has 98 valence electrons. The highest BCUT2D eigenvalue weighted by atomic mass is 127. The van der Waals surface area contributed by atoms with Crippen molar-refractivity contribution >= 4 is 52.6 Å². The summed E-state index contributed by atoms with van der Waals surface area (Å²) < 4.78 is 13.7. The van der Waals surface area contributed by atoms with Gasteiger partial charge >= 0.3 is 11.9 Å². The zero-order valence-electron chi connectivity index (χ0n) is 9.22. The normalized spacial score (nSPS) is 15.3. The maximum absolute atomic E-state index is 10.9. The second-order valence-electron chi connectivity index (χ2n) is 2.99. The fourth-order valence-corrected chi connectivity index (χ4v) is 1.85. The number of hydrogen-bond acceptors (Lipinski definition) is 6. The van der Waals surface area contributed by atoms with E-state index in [-0.39, 0.29) is 13.1 Å². The molecule has 17 heavy (non-hydrogen) atoms. The minimum Gasteiger partial charge on any atom is -0.464 e. The molecule has 0 saturated heterocycles. The van der Waals surface area contributed by atoms with Crippen molar-refractivity contribution in [3.8, 4) is 0 Å². The van der Waals surface area contributed by atoms with Gasteiger partial charge in [0.15, 0.2) is 12.2 Å². The van der Waals surface area contributed by atoms with Crippen LogP contribution in [0, 0.1) is 0 Å². The maximum Gasteiger partial charge on any atom is 0.303 e. The highest BCUT2D eigenvalue weighted by Gasteiger charge is 2.33. The molecule has 0 aromatic carbocycles. The van der Waals surface area contributed by atoms with Gasteiger partial charge in [0.2, 0.25) is 0 Å². The first kappa shape index (κ1) is 16.4. The first-order valence-corrected chi connectivity index (χ1v) is 6.24. The van der Waals surface area contributed by atoms with Crippen LogP contribution in [-0.4, -0.2) is 40.6 Å². The van der Waals surface area contributed by atoms with E-state index in [1.807, 2.05) is 0 Å². The molecule has 0 fully saturated rings. The zero-order chi connectivity index (χ0) is 13.4. The van der Waals surface area contributed by atoms with Crippen LogP contribution in [0.25, 0.3) is 0 Å². The van der Waals surface area contributed by atoms with Crippen molar-refractivity contribution in [2.75, 3.05) is 6.61 Å². The monoisotopic (exact) mass is 378 g/mol. The zero-order valence-corrected chi connectivity index (χ0v) is 12.1. The van der Waals surface area contributed by atoms with Crippen molar-refractivity contribution in [2.45, 2.75) is 29.4 Å². The Balaban J connectivity index is 4.71. The average Bonchev–Trinajstić information content (AvgIpc) is 2.19. The van der Waals surface area contributed by atoms with E-state index in [0.717, 1.165) is 0 Å². The third-order valence-corrected chi connectivity index (χ3v) is 2.52. The number of halogens is 2. The van der Waals surface area contributed by atoms with E-state index >= 15 is 0 Å². The minimum atomic E-state index is -0.930. The van der Waals surface area contributed by atoms with Gasteiger partial charge in [0.1, 0.15) is 9.99 Å². The summed E-state index contributed by atoms with van der Waals surface area (Å²) in [5.41, 5.74) is 0. The highest BCUT2D eigenvalue weighted by molar-refractivity contribution is 14.1. The van der Waals surface area contributed by atoms with Crippen molar-refractivity contribution < 1.29 is 28.6 Å². The lowest BCUT2D eigenvalue weighted by molar-refractivity contribution is -0.169. The first-order chi connectivity index (χ1) is 7.88. The predicted octanol–water partition coefficient (Wildman–Crippen LogP) is 1.02. The number of carbonyl (C=O) groups is 3. The topological polar surface area (TPSA) is 78.9 Å². The Hall–Kier alpha value is -0.570. The fraction of sp³-hybridized carbons (Fsp3) is 0.667. The third kappa shape index (κ3) is 7.37. The summed E-state index contributed by atoms with van der Waals surface area (Å²) in [5.74, 6) is -1.16. The van der Waals surface area contributed by atoms with Crippen LogP contribution < -0.4 is 0 Å². The molecule has 8 heteroatoms. The molecule has 0 bridgehead atoms. The molecule has 0 radical (unpaired) electrons. The average molecular weight is 379 g/mol. The molecule has 0 amide bonds. The summed E-state index contributed by atoms with van der Waals surface area (Å²) in [5, 5.41) is 0. The van der Waals surface area contributed by atoms with Crippen molar-refractivity contribution in [1.29, 1.82) is 0 Å². The van der Waals surface area contributed by atoms with E-state index in [1.165, 1.54) is 13.8 Å². The van der Waals surface area contributed by atoms with Gasteiger partial charge in [-0.1, -0.05) is 22.6 Å². The number of rotatable bonds is 7. The molecule has 3 atom stereocenters. The Labute approximate surface area is 117 Å². The van der Waals surface area contributed by atoms with Crippen LogP contribution in [0.4, 0.5) is 0 Å². The van der Waals surface area contributed by atoms with E-state index in [2.05, 4.69) is 4.74 Å². The smallest absolute Gasteiger partial charge is 0.303 e. The molecule has 0 heterocycles. The van der Waals surface area contributed by atoms with Crippen molar-refractivity contribution in [2.24, 2.45) is 0 Å². The van der Waals surface area contributed by atoms with Gasteiger partial charge in [0, 0.05) is 13.8 Å². The van der Waals surface area contributed by atoms with Gasteiger partial charge in [-0.3, -0.25) is 14.4 Å². The van der Waals surface area contributed by atoms with Crippen molar-refractivity contribution in [1.82, 2.24) is 0 Å². The number of ether oxygens (including phenoxy) is 3. The Bertz CT molecular complexity index is 283. The van der Waals surface area contributed by atoms with Crippen LogP contribution in [0.1, 0.15) is 13.8 Å². The van der Waals surface area contributed by atoms with Crippen LogP contribution in [0.15, 0.2) is 0 Å². The Morgan fingerprint density at radius 3 is 2.18 bits per heavy atom. The first-order valence-electron chi connectivity index (χ1n) is 4.56. The van der Waals surface area contributed by atoms with Crippen molar-refractivity contribution in [3.05, 3.63) is 0 Å². The molecule has 0 aromatic heterocycles. The Morgan fingerprint density at radius 1 is 1.29 bits per heavy atom. The molecule has 0 aliphatic carbocycles. The van der Waals surface area contributed by atoms with Crippen LogP contribution in [0.2, 0.25) is 0 Å². The summed E-state index contributed by atoms with van der Waals surface area (Å²) in [7, 11) is 0. The summed E-state index contributed by atoms with van der Waals surface area (Å²) >= 11 is 7.62. The number of hydrogen-bond donors (Lipinski definition) is 0. The molecule has 6 nitrogen and oxygen atoms in total. The molecule has 0 aliphatic heterocycles. The summed E-state index contributed by atoms with van der Waals surface area (Å²) in [6.07, 6.45) is -1.82. The largest absolute Gasteiger partial charge is 0.464 e. The van der Waals surface area contributed by atoms with Gasteiger partial charge in [-0.2, -0.15) is 0 Å². The molecular weight excluding hydrogens is 366 g/mol. The Kier molecular flexibility index (Phi) is 8.23. The molecule has 0 N–H and O–H groups in total. The predicted molar refractivity (Wildman–Crippen MR) is 66.8 cm³/mol. The van der Waals surface area contributed by atoms with E-state index < -0.39 is 27.5 Å².